The van der Waals surface area contributed by atoms with Crippen LogP contribution in [0.3, 0.4) is 0 Å². The molecule has 1 N–H and O–H groups in total. The molecule has 0 spiro atoms. The average Bonchev–Trinajstić information content (AvgIpc) is 2.72. The molecule has 1 heterocycles. The van der Waals surface area contributed by atoms with E-state index >= 15 is 0 Å². The summed E-state index contributed by atoms with van der Waals surface area (Å²) in [6.45, 7) is 3.23. The van der Waals surface area contributed by atoms with E-state index in [1.165, 1.54) is 22.6 Å². The summed E-state index contributed by atoms with van der Waals surface area (Å²) in [6.07, 6.45) is 2.76. The molecular formula is C9H13ClNS-. The third-order valence-corrected chi connectivity index (χ3v) is 2.94. The summed E-state index contributed by atoms with van der Waals surface area (Å²) >= 11 is 1.89. The Hall–Kier alpha value is -0.0500. The molecule has 0 aromatic carbocycles. The van der Waals surface area contributed by atoms with Crippen LogP contribution in [0.25, 0.3) is 0 Å². The van der Waals surface area contributed by atoms with Crippen LogP contribution in [0.15, 0.2) is 12.1 Å². The second kappa shape index (κ2) is 4.26. The molecule has 0 saturated heterocycles. The Bertz CT molecular complexity index is 242. The lowest BCUT2D eigenvalue weighted by Crippen LogP contribution is -3.00. The Morgan fingerprint density at radius 2 is 2.25 bits per heavy atom. The number of hydrogen-bond acceptors (Lipinski definition) is 2. The maximum Gasteiger partial charge on any atom is 0.0302 e. The van der Waals surface area contributed by atoms with Crippen molar-refractivity contribution < 1.29 is 12.4 Å². The molecule has 12 heavy (non-hydrogen) atoms. The van der Waals surface area contributed by atoms with Crippen molar-refractivity contribution in [3.63, 3.8) is 0 Å². The lowest BCUT2D eigenvalue weighted by molar-refractivity contribution is -0.00000230. The van der Waals surface area contributed by atoms with Crippen LogP contribution in [-0.4, -0.2) is 6.04 Å². The molecule has 1 aliphatic rings. The Morgan fingerprint density at radius 1 is 1.50 bits per heavy atom. The third-order valence-electron chi connectivity index (χ3n) is 1.94. The molecule has 0 aliphatic heterocycles. The molecule has 68 valence electrons. The highest BCUT2D eigenvalue weighted by Crippen LogP contribution is 2.21. The van der Waals surface area contributed by atoms with E-state index in [1.54, 1.807) is 0 Å². The summed E-state index contributed by atoms with van der Waals surface area (Å²) in [5, 5.41) is 3.50. The summed E-state index contributed by atoms with van der Waals surface area (Å²) in [5.74, 6) is 0. The SMILES string of the molecule is Cc1ccc(CNC2CC2)s1.[Cl-]. The van der Waals surface area contributed by atoms with Gasteiger partial charge >= 0.3 is 0 Å². The first-order chi connectivity index (χ1) is 5.34. The van der Waals surface area contributed by atoms with E-state index in [1.807, 2.05) is 11.3 Å². The molecule has 0 atom stereocenters. The van der Waals surface area contributed by atoms with Crippen molar-refractivity contribution in [3.8, 4) is 0 Å². The molecule has 1 aromatic rings. The van der Waals surface area contributed by atoms with E-state index in [-0.39, 0.29) is 12.4 Å². The van der Waals surface area contributed by atoms with Crippen LogP contribution in [0.1, 0.15) is 22.6 Å². The van der Waals surface area contributed by atoms with Gasteiger partial charge in [-0.2, -0.15) is 0 Å². The van der Waals surface area contributed by atoms with E-state index in [2.05, 4.69) is 24.4 Å². The van der Waals surface area contributed by atoms with E-state index in [9.17, 15) is 0 Å². The number of thiophene rings is 1. The highest BCUT2D eigenvalue weighted by molar-refractivity contribution is 7.11. The van der Waals surface area contributed by atoms with Gasteiger partial charge in [-0.3, -0.25) is 0 Å². The maximum atomic E-state index is 3.50. The molecule has 1 fully saturated rings. The minimum absolute atomic E-state index is 0. The van der Waals surface area contributed by atoms with Gasteiger partial charge in [0.15, 0.2) is 0 Å². The smallest absolute Gasteiger partial charge is 0.0302 e. The van der Waals surface area contributed by atoms with E-state index < -0.39 is 0 Å². The normalized spacial score (nSPS) is 15.8. The molecule has 1 nitrogen and oxygen atoms in total. The molecule has 0 amide bonds. The minimum atomic E-state index is 0. The van der Waals surface area contributed by atoms with E-state index in [0.29, 0.717) is 0 Å². The van der Waals surface area contributed by atoms with Crippen molar-refractivity contribution >= 4 is 11.3 Å². The Labute approximate surface area is 83.6 Å². The van der Waals surface area contributed by atoms with Crippen LogP contribution in [0.2, 0.25) is 0 Å². The molecule has 3 heteroatoms. The topological polar surface area (TPSA) is 12.0 Å². The molecular weight excluding hydrogens is 190 g/mol. The molecule has 1 aliphatic carbocycles. The molecule has 1 aromatic heterocycles. The van der Waals surface area contributed by atoms with Gasteiger partial charge < -0.3 is 17.7 Å². The zero-order valence-corrected chi connectivity index (χ0v) is 8.71. The van der Waals surface area contributed by atoms with Crippen molar-refractivity contribution in [3.05, 3.63) is 21.9 Å². The minimum Gasteiger partial charge on any atom is -1.00 e. The number of hydrogen-bond donors (Lipinski definition) is 1. The summed E-state index contributed by atoms with van der Waals surface area (Å²) in [6, 6.07) is 5.24. The second-order valence-electron chi connectivity index (χ2n) is 3.17. The van der Waals surface area contributed by atoms with Gasteiger partial charge in [0, 0.05) is 22.3 Å². The van der Waals surface area contributed by atoms with Gasteiger partial charge in [-0.25, -0.2) is 0 Å². The predicted octanol–water partition coefficient (Wildman–Crippen LogP) is -0.687. The van der Waals surface area contributed by atoms with Gasteiger partial charge in [0.05, 0.1) is 0 Å². The predicted molar refractivity (Wildman–Crippen MR) is 48.9 cm³/mol. The third kappa shape index (κ3) is 2.77. The lowest BCUT2D eigenvalue weighted by Gasteiger charge is -1.97. The standard InChI is InChI=1S/C9H13NS.ClH/c1-7-2-5-9(11-7)6-10-8-3-4-8;/h2,5,8,10H,3-4,6H2,1H3;1H/p-1. The van der Waals surface area contributed by atoms with Crippen LogP contribution in [0.5, 0.6) is 0 Å². The first kappa shape index (κ1) is 10.0. The summed E-state index contributed by atoms with van der Waals surface area (Å²) < 4.78 is 0. The Morgan fingerprint density at radius 3 is 2.75 bits per heavy atom. The molecule has 2 rings (SSSR count). The van der Waals surface area contributed by atoms with Crippen LogP contribution >= 0.6 is 11.3 Å². The Kier molecular flexibility index (Phi) is 3.56. The zero-order chi connectivity index (χ0) is 7.68. The fourth-order valence-electron chi connectivity index (χ4n) is 1.11. The lowest BCUT2D eigenvalue weighted by atomic mass is 10.4. The quantitative estimate of drug-likeness (QED) is 0.685. The molecule has 0 bridgehead atoms. The average molecular weight is 203 g/mol. The molecule has 0 unspecified atom stereocenters. The van der Waals surface area contributed by atoms with Gasteiger partial charge in [0.2, 0.25) is 0 Å². The number of aryl methyl sites for hydroxylation is 1. The van der Waals surface area contributed by atoms with Crippen molar-refractivity contribution in [2.24, 2.45) is 0 Å². The van der Waals surface area contributed by atoms with Crippen LogP contribution in [0, 0.1) is 6.92 Å². The van der Waals surface area contributed by atoms with E-state index in [4.69, 9.17) is 0 Å². The first-order valence-corrected chi connectivity index (χ1v) is 4.95. The highest BCUT2D eigenvalue weighted by Gasteiger charge is 2.19. The monoisotopic (exact) mass is 202 g/mol. The van der Waals surface area contributed by atoms with Crippen molar-refractivity contribution in [1.82, 2.24) is 5.32 Å². The van der Waals surface area contributed by atoms with Gasteiger partial charge in [0.25, 0.3) is 0 Å². The molecule has 1 saturated carbocycles. The van der Waals surface area contributed by atoms with Crippen molar-refractivity contribution in [1.29, 1.82) is 0 Å². The van der Waals surface area contributed by atoms with Gasteiger partial charge in [-0.15, -0.1) is 11.3 Å². The first-order valence-electron chi connectivity index (χ1n) is 4.13. The van der Waals surface area contributed by atoms with Gasteiger partial charge in [0.1, 0.15) is 0 Å². The second-order valence-corrected chi connectivity index (χ2v) is 4.54. The fraction of sp³-hybridized carbons (Fsp3) is 0.556. The number of nitrogens with one attached hydrogen (secondary N) is 1. The maximum absolute atomic E-state index is 3.50. The summed E-state index contributed by atoms with van der Waals surface area (Å²) in [7, 11) is 0. The van der Waals surface area contributed by atoms with Crippen LogP contribution < -0.4 is 17.7 Å². The van der Waals surface area contributed by atoms with E-state index in [0.717, 1.165) is 12.6 Å². The highest BCUT2D eigenvalue weighted by atomic mass is 35.5. The zero-order valence-electron chi connectivity index (χ0n) is 7.14. The van der Waals surface area contributed by atoms with Crippen LogP contribution in [-0.2, 0) is 6.54 Å². The van der Waals surface area contributed by atoms with Gasteiger partial charge in [-0.1, -0.05) is 0 Å². The van der Waals surface area contributed by atoms with Crippen molar-refractivity contribution in [2.45, 2.75) is 32.4 Å². The van der Waals surface area contributed by atoms with Gasteiger partial charge in [-0.05, 0) is 31.9 Å². The summed E-state index contributed by atoms with van der Waals surface area (Å²) in [4.78, 5) is 2.88. The van der Waals surface area contributed by atoms with Crippen LogP contribution in [0.4, 0.5) is 0 Å². The largest absolute Gasteiger partial charge is 1.00 e. The number of halogens is 1. The fourth-order valence-corrected chi connectivity index (χ4v) is 1.95. The number of rotatable bonds is 3. The van der Waals surface area contributed by atoms with Crippen molar-refractivity contribution in [2.75, 3.05) is 0 Å². The Balaban J connectivity index is 0.000000720. The molecule has 0 radical (unpaired) electrons. The summed E-state index contributed by atoms with van der Waals surface area (Å²) in [5.41, 5.74) is 0.